The number of unbranched alkanes of at least 4 members (excludes halogenated alkanes) is 31. The molecule has 0 aliphatic rings. The largest absolute Gasteiger partial charge is 0.472 e. The Morgan fingerprint density at radius 3 is 0.825 bits per heavy atom. The molecule has 5 atom stereocenters. The number of hydrogen-bond acceptors (Lipinski definition) is 14. The normalized spacial score (nSPS) is 14.7. The number of aliphatic hydroxyl groups excluding tert-OH is 2. The van der Waals surface area contributed by atoms with E-state index in [1.165, 1.54) is 103 Å². The van der Waals surface area contributed by atoms with Crippen LogP contribution in [0.4, 0.5) is 0 Å². The number of carbonyl (C=O) groups is 3. The van der Waals surface area contributed by atoms with E-state index in [-0.39, 0.29) is 19.3 Å². The van der Waals surface area contributed by atoms with Gasteiger partial charge in [0.1, 0.15) is 25.4 Å². The van der Waals surface area contributed by atoms with E-state index in [9.17, 15) is 43.5 Å². The van der Waals surface area contributed by atoms with Crippen LogP contribution in [0.15, 0.2) is 134 Å². The van der Waals surface area contributed by atoms with Crippen molar-refractivity contribution in [2.45, 2.75) is 347 Å². The predicted molar refractivity (Wildman–Crippen MR) is 426 cm³/mol. The van der Waals surface area contributed by atoms with Crippen molar-refractivity contribution in [2.24, 2.45) is 0 Å². The Morgan fingerprint density at radius 1 is 0.282 bits per heavy atom. The van der Waals surface area contributed by atoms with Gasteiger partial charge in [-0.3, -0.25) is 32.5 Å². The summed E-state index contributed by atoms with van der Waals surface area (Å²) in [4.78, 5) is 58.6. The molecule has 0 rings (SSSR count). The molecule has 592 valence electrons. The maximum absolute atomic E-state index is 12.9. The topological polar surface area (TPSA) is 231 Å². The number of rotatable bonds is 76. The van der Waals surface area contributed by atoms with Crippen LogP contribution in [0.2, 0.25) is 0 Å². The third kappa shape index (κ3) is 78.6. The van der Waals surface area contributed by atoms with Crippen LogP contribution in [0, 0.1) is 0 Å². The third-order valence-corrected chi connectivity index (χ3v) is 18.7. The Kier molecular flexibility index (Phi) is 74.1. The zero-order chi connectivity index (χ0) is 75.2. The van der Waals surface area contributed by atoms with E-state index in [4.69, 9.17) is 32.3 Å². The third-order valence-electron chi connectivity index (χ3n) is 16.8. The Bertz CT molecular complexity index is 2410. The van der Waals surface area contributed by atoms with Crippen LogP contribution in [0.5, 0.6) is 0 Å². The molecule has 0 amide bonds. The van der Waals surface area contributed by atoms with Crippen LogP contribution >= 0.6 is 15.6 Å². The molecule has 0 aliphatic carbocycles. The summed E-state index contributed by atoms with van der Waals surface area (Å²) in [7, 11) is -9.79. The maximum Gasteiger partial charge on any atom is 0.472 e. The molecule has 0 saturated heterocycles. The average Bonchev–Trinajstić information content (AvgIpc) is 0.914. The second-order valence-electron chi connectivity index (χ2n) is 26.8. The van der Waals surface area contributed by atoms with E-state index in [2.05, 4.69) is 154 Å². The van der Waals surface area contributed by atoms with Crippen LogP contribution < -0.4 is 0 Å². The van der Waals surface area contributed by atoms with Gasteiger partial charge in [-0.05, 0) is 128 Å². The highest BCUT2D eigenvalue weighted by molar-refractivity contribution is 7.47. The fourth-order valence-electron chi connectivity index (χ4n) is 10.7. The summed E-state index contributed by atoms with van der Waals surface area (Å²) in [6, 6.07) is 0. The Morgan fingerprint density at radius 2 is 0.515 bits per heavy atom. The number of phosphoric ester groups is 2. The zero-order valence-corrected chi connectivity index (χ0v) is 66.5. The molecule has 0 bridgehead atoms. The summed E-state index contributed by atoms with van der Waals surface area (Å²) in [5.41, 5.74) is 0. The molecule has 18 heteroatoms. The molecule has 16 nitrogen and oxygen atoms in total. The number of hydrogen-bond donors (Lipinski definition) is 4. The molecule has 5 unspecified atom stereocenters. The van der Waals surface area contributed by atoms with Crippen molar-refractivity contribution >= 4 is 33.6 Å². The number of carbonyl (C=O) groups excluding carboxylic acids is 3. The number of phosphoric acid groups is 2. The lowest BCUT2D eigenvalue weighted by Gasteiger charge is -2.21. The van der Waals surface area contributed by atoms with E-state index in [0.29, 0.717) is 19.3 Å². The molecule has 0 heterocycles. The van der Waals surface area contributed by atoms with Gasteiger partial charge in [0.25, 0.3) is 0 Å². The second-order valence-corrected chi connectivity index (χ2v) is 29.7. The van der Waals surface area contributed by atoms with Crippen molar-refractivity contribution in [1.82, 2.24) is 0 Å². The Balaban J connectivity index is 4.38. The Hall–Kier alpha value is -4.31. The van der Waals surface area contributed by atoms with E-state index >= 15 is 0 Å². The summed E-state index contributed by atoms with van der Waals surface area (Å²) in [6.45, 7) is 2.40. The van der Waals surface area contributed by atoms with Gasteiger partial charge in [-0.25, -0.2) is 9.13 Å². The van der Waals surface area contributed by atoms with Crippen molar-refractivity contribution in [3.8, 4) is 0 Å². The Labute approximate surface area is 626 Å². The lowest BCUT2D eigenvalue weighted by atomic mass is 10.0. The fraction of sp³-hybridized carbons (Fsp3) is 0.706. The van der Waals surface area contributed by atoms with Crippen LogP contribution in [0.1, 0.15) is 329 Å². The van der Waals surface area contributed by atoms with Crippen LogP contribution in [-0.4, -0.2) is 95.9 Å². The zero-order valence-electron chi connectivity index (χ0n) is 64.7. The van der Waals surface area contributed by atoms with Crippen molar-refractivity contribution in [3.05, 3.63) is 134 Å². The lowest BCUT2D eigenvalue weighted by Crippen LogP contribution is -2.30. The highest BCUT2D eigenvalue weighted by Crippen LogP contribution is 2.45. The van der Waals surface area contributed by atoms with Crippen LogP contribution in [0.3, 0.4) is 0 Å². The van der Waals surface area contributed by atoms with Gasteiger partial charge in [-0.15, -0.1) is 0 Å². The first kappa shape index (κ1) is 98.7. The molecule has 0 spiro atoms. The van der Waals surface area contributed by atoms with E-state index < -0.39 is 91.5 Å². The highest BCUT2D eigenvalue weighted by Gasteiger charge is 2.29. The average molecular weight is 1490 g/mol. The summed E-state index contributed by atoms with van der Waals surface area (Å²) in [5.74, 6) is -1.59. The van der Waals surface area contributed by atoms with E-state index in [1.807, 2.05) is 0 Å². The first-order valence-corrected chi connectivity index (χ1v) is 43.5. The highest BCUT2D eigenvalue weighted by atomic mass is 31.2. The standard InChI is InChI=1S/C85H146O16P2/c1-4-7-10-13-16-19-22-24-26-28-30-32-34-35-36-37-38-39-40-41-42-43-45-47-48-50-52-54-57-59-62-65-68-71-83(88)95-74-80(86)75-97-102(91,92)98-76-81(87)77-99-103(93,94)100-79-82(101-85(90)73-70-67-64-61-56-21-18-15-12-9-6-3)78-96-84(89)72-69-66-63-60-58-55-53-51-49-46-44-33-31-29-27-25-23-20-17-14-11-8-5-2/h7-8,10-11,15-20,24-27,30-33,35-36,46,49,80-82,86-87H,4-6,9,12-14,21-23,28-29,34,37-45,47-48,50-79H2,1-3H3,(H,91,92)(H,93,94)/b10-7-,11-8-,18-15-,19-16-,20-17-,26-24-,27-25-,32-30-,33-31-,36-35-,49-46-. The molecule has 0 fully saturated rings. The molecule has 0 aromatic heterocycles. The number of allylic oxidation sites excluding steroid dienone is 22. The molecule has 103 heavy (non-hydrogen) atoms. The molecule has 0 aliphatic heterocycles. The molecule has 0 aromatic rings. The van der Waals surface area contributed by atoms with E-state index in [0.717, 1.165) is 167 Å². The van der Waals surface area contributed by atoms with Gasteiger partial charge < -0.3 is 34.2 Å². The summed E-state index contributed by atoms with van der Waals surface area (Å²) in [5, 5.41) is 20.6. The summed E-state index contributed by atoms with van der Waals surface area (Å²) >= 11 is 0. The summed E-state index contributed by atoms with van der Waals surface area (Å²) < 4.78 is 61.1. The first-order valence-electron chi connectivity index (χ1n) is 40.5. The molecule has 0 radical (unpaired) electrons. The monoisotopic (exact) mass is 1490 g/mol. The van der Waals surface area contributed by atoms with Gasteiger partial charge in [-0.2, -0.15) is 0 Å². The number of aliphatic hydroxyl groups is 2. The van der Waals surface area contributed by atoms with Gasteiger partial charge in [0, 0.05) is 19.3 Å². The molecular weight excluding hydrogens is 1340 g/mol. The molecular formula is C85H146O16P2. The summed E-state index contributed by atoms with van der Waals surface area (Å²) in [6.07, 6.45) is 93.8. The quantitative estimate of drug-likeness (QED) is 0.0146. The number of esters is 3. The number of ether oxygens (including phenoxy) is 3. The minimum Gasteiger partial charge on any atom is -0.463 e. The van der Waals surface area contributed by atoms with Crippen LogP contribution in [-0.2, 0) is 55.8 Å². The fourth-order valence-corrected chi connectivity index (χ4v) is 12.3. The second kappa shape index (κ2) is 77.3. The maximum atomic E-state index is 12.9. The van der Waals surface area contributed by atoms with Gasteiger partial charge in [0.05, 0.1) is 26.4 Å². The molecule has 0 saturated carbocycles. The minimum atomic E-state index is -4.93. The first-order chi connectivity index (χ1) is 50.2. The van der Waals surface area contributed by atoms with Crippen molar-refractivity contribution in [2.75, 3.05) is 39.6 Å². The smallest absolute Gasteiger partial charge is 0.463 e. The van der Waals surface area contributed by atoms with Gasteiger partial charge >= 0.3 is 33.6 Å². The van der Waals surface area contributed by atoms with Crippen molar-refractivity contribution < 1.29 is 75.8 Å². The van der Waals surface area contributed by atoms with E-state index in [1.54, 1.807) is 0 Å². The molecule has 4 N–H and O–H groups in total. The van der Waals surface area contributed by atoms with Gasteiger partial charge in [0.2, 0.25) is 0 Å². The lowest BCUT2D eigenvalue weighted by molar-refractivity contribution is -0.161. The van der Waals surface area contributed by atoms with Crippen molar-refractivity contribution in [1.29, 1.82) is 0 Å². The van der Waals surface area contributed by atoms with Gasteiger partial charge in [-0.1, -0.05) is 315 Å². The SMILES string of the molecule is CC/C=C\C/C=C\C/C=C\C/C=C\C/C=C\CCCCCCCCCCCCCCCCCCCC(=O)OCC(O)COP(=O)(O)OCC(O)COP(=O)(O)OCC(COC(=O)CCCCCCCCC/C=C\C/C=C\C/C=C\C/C=C\C/C=C\CC)OC(=O)CCCCCCC/C=C\CCCC. The molecule has 0 aromatic carbocycles. The predicted octanol–water partition coefficient (Wildman–Crippen LogP) is 23.9. The van der Waals surface area contributed by atoms with Gasteiger partial charge in [0.15, 0.2) is 6.10 Å². The van der Waals surface area contributed by atoms with Crippen LogP contribution in [0.25, 0.3) is 0 Å². The minimum absolute atomic E-state index is 0.0897. The van der Waals surface area contributed by atoms with Crippen molar-refractivity contribution in [3.63, 3.8) is 0 Å².